The fourth-order valence-corrected chi connectivity index (χ4v) is 3.45. The van der Waals surface area contributed by atoms with Crippen molar-refractivity contribution in [2.45, 2.75) is 0 Å². The maximum atomic E-state index is 13.8. The summed E-state index contributed by atoms with van der Waals surface area (Å²) in [4.78, 5) is 28.3. The van der Waals surface area contributed by atoms with Crippen molar-refractivity contribution in [3.05, 3.63) is 98.0 Å². The molecule has 0 aliphatic heterocycles. The van der Waals surface area contributed by atoms with Gasteiger partial charge in [-0.15, -0.1) is 0 Å². The van der Waals surface area contributed by atoms with Crippen LogP contribution in [0.3, 0.4) is 0 Å². The van der Waals surface area contributed by atoms with E-state index in [9.17, 15) is 18.4 Å². The van der Waals surface area contributed by atoms with Crippen LogP contribution in [0.2, 0.25) is 5.02 Å². The first-order valence-electron chi connectivity index (χ1n) is 8.65. The van der Waals surface area contributed by atoms with Gasteiger partial charge in [-0.05, 0) is 60.7 Å². The van der Waals surface area contributed by atoms with Gasteiger partial charge in [0.1, 0.15) is 11.6 Å². The smallest absolute Gasteiger partial charge is 0.266 e. The number of carbonyl (C=O) groups excluding carboxylic acids is 1. The SMILES string of the molecule is O=C(Nc1ccccc1F)c1ccc2c(=O)n(-c3ccc(F)c(Cl)c3)c(=S)[nH]c2c1. The van der Waals surface area contributed by atoms with Gasteiger partial charge in [0.2, 0.25) is 0 Å². The third-order valence-corrected chi connectivity index (χ3v) is 5.02. The highest BCUT2D eigenvalue weighted by atomic mass is 35.5. The lowest BCUT2D eigenvalue weighted by atomic mass is 10.1. The number of H-pyrrole nitrogens is 1. The van der Waals surface area contributed by atoms with Gasteiger partial charge in [-0.3, -0.25) is 14.2 Å². The zero-order valence-electron chi connectivity index (χ0n) is 15.1. The first-order chi connectivity index (χ1) is 14.3. The first-order valence-corrected chi connectivity index (χ1v) is 9.44. The highest BCUT2D eigenvalue weighted by Crippen LogP contribution is 2.20. The predicted octanol–water partition coefficient (Wildman–Crippen LogP) is 5.23. The number of carbonyl (C=O) groups is 1. The summed E-state index contributed by atoms with van der Waals surface area (Å²) >= 11 is 11.1. The third kappa shape index (κ3) is 3.62. The molecule has 4 aromatic rings. The molecule has 5 nitrogen and oxygen atoms in total. The molecule has 2 N–H and O–H groups in total. The number of hydrogen-bond acceptors (Lipinski definition) is 3. The molecule has 1 amide bonds. The Kier molecular flexibility index (Phi) is 5.19. The van der Waals surface area contributed by atoms with Crippen molar-refractivity contribution < 1.29 is 13.6 Å². The molecule has 1 aromatic heterocycles. The number of benzene rings is 3. The topological polar surface area (TPSA) is 66.9 Å². The normalized spacial score (nSPS) is 10.9. The summed E-state index contributed by atoms with van der Waals surface area (Å²) in [5, 5.41) is 2.59. The molecule has 0 radical (unpaired) electrons. The van der Waals surface area contributed by atoms with Crippen molar-refractivity contribution in [2.75, 3.05) is 5.32 Å². The summed E-state index contributed by atoms with van der Waals surface area (Å²) in [6.07, 6.45) is 0. The Hall–Kier alpha value is -3.36. The van der Waals surface area contributed by atoms with E-state index in [2.05, 4.69) is 10.3 Å². The maximum Gasteiger partial charge on any atom is 0.266 e. The Morgan fingerprint density at radius 3 is 2.53 bits per heavy atom. The minimum atomic E-state index is -0.616. The lowest BCUT2D eigenvalue weighted by Gasteiger charge is -2.10. The van der Waals surface area contributed by atoms with Gasteiger partial charge in [0, 0.05) is 5.56 Å². The van der Waals surface area contributed by atoms with Crippen molar-refractivity contribution >= 4 is 46.3 Å². The molecule has 30 heavy (non-hydrogen) atoms. The summed E-state index contributed by atoms with van der Waals surface area (Å²) in [6, 6.07) is 14.0. The molecule has 0 bridgehead atoms. The zero-order valence-corrected chi connectivity index (χ0v) is 16.7. The second-order valence-electron chi connectivity index (χ2n) is 6.36. The Labute approximate surface area is 178 Å². The number of rotatable bonds is 3. The fourth-order valence-electron chi connectivity index (χ4n) is 2.97. The van der Waals surface area contributed by atoms with Gasteiger partial charge in [0.15, 0.2) is 4.77 Å². The molecule has 0 aliphatic carbocycles. The van der Waals surface area contributed by atoms with Crippen molar-refractivity contribution in [1.29, 1.82) is 0 Å². The Morgan fingerprint density at radius 2 is 1.80 bits per heavy atom. The summed E-state index contributed by atoms with van der Waals surface area (Å²) in [5.74, 6) is -1.72. The van der Waals surface area contributed by atoms with Crippen LogP contribution in [0, 0.1) is 16.4 Å². The largest absolute Gasteiger partial charge is 0.331 e. The van der Waals surface area contributed by atoms with Crippen LogP contribution in [0.5, 0.6) is 0 Å². The van der Waals surface area contributed by atoms with Gasteiger partial charge in [0.05, 0.1) is 27.3 Å². The van der Waals surface area contributed by atoms with Crippen molar-refractivity contribution in [3.63, 3.8) is 0 Å². The molecule has 0 fully saturated rings. The van der Waals surface area contributed by atoms with E-state index in [-0.39, 0.29) is 26.4 Å². The van der Waals surface area contributed by atoms with Crippen LogP contribution in [-0.2, 0) is 0 Å². The molecular formula is C21H12ClF2N3O2S. The van der Waals surface area contributed by atoms with E-state index in [0.717, 1.165) is 6.07 Å². The number of aromatic nitrogens is 2. The molecule has 0 saturated carbocycles. The van der Waals surface area contributed by atoms with Gasteiger partial charge in [-0.2, -0.15) is 0 Å². The molecular weight excluding hydrogens is 432 g/mol. The standard InChI is InChI=1S/C21H12ClF2N3O2S/c22-14-10-12(6-8-15(14)23)27-20(29)13-7-5-11(9-18(13)26-21(27)30)19(28)25-17-4-2-1-3-16(17)24/h1-10H,(H,25,28)(H,26,30). The van der Waals surface area contributed by atoms with E-state index in [4.69, 9.17) is 23.8 Å². The summed E-state index contributed by atoms with van der Waals surface area (Å²) in [7, 11) is 0. The average molecular weight is 444 g/mol. The number of nitrogens with one attached hydrogen (secondary N) is 2. The van der Waals surface area contributed by atoms with Crippen LogP contribution in [0.25, 0.3) is 16.6 Å². The molecule has 0 saturated heterocycles. The highest BCUT2D eigenvalue weighted by molar-refractivity contribution is 7.71. The molecule has 150 valence electrons. The van der Waals surface area contributed by atoms with E-state index in [0.29, 0.717) is 11.2 Å². The highest BCUT2D eigenvalue weighted by Gasteiger charge is 2.13. The third-order valence-electron chi connectivity index (χ3n) is 4.44. The van der Waals surface area contributed by atoms with Crippen LogP contribution in [-0.4, -0.2) is 15.5 Å². The Balaban J connectivity index is 1.77. The lowest BCUT2D eigenvalue weighted by molar-refractivity contribution is 0.102. The van der Waals surface area contributed by atoms with Gasteiger partial charge >= 0.3 is 0 Å². The van der Waals surface area contributed by atoms with E-state index in [1.165, 1.54) is 53.1 Å². The van der Waals surface area contributed by atoms with Crippen LogP contribution in [0.4, 0.5) is 14.5 Å². The number of nitrogens with zero attached hydrogens (tertiary/aromatic N) is 1. The van der Waals surface area contributed by atoms with Crippen LogP contribution < -0.4 is 10.9 Å². The van der Waals surface area contributed by atoms with Crippen molar-refractivity contribution in [1.82, 2.24) is 9.55 Å². The minimum absolute atomic E-state index is 0.0409. The second-order valence-corrected chi connectivity index (χ2v) is 7.16. The molecule has 9 heteroatoms. The molecule has 0 atom stereocenters. The molecule has 3 aromatic carbocycles. The maximum absolute atomic E-state index is 13.8. The monoisotopic (exact) mass is 443 g/mol. The van der Waals surface area contributed by atoms with Gasteiger partial charge < -0.3 is 10.3 Å². The number of amides is 1. The van der Waals surface area contributed by atoms with E-state index < -0.39 is 23.1 Å². The zero-order chi connectivity index (χ0) is 21.4. The van der Waals surface area contributed by atoms with E-state index in [1.807, 2.05) is 0 Å². The molecule has 1 heterocycles. The predicted molar refractivity (Wildman–Crippen MR) is 114 cm³/mol. The number of hydrogen-bond donors (Lipinski definition) is 2. The molecule has 0 spiro atoms. The van der Waals surface area contributed by atoms with Crippen molar-refractivity contribution in [3.8, 4) is 5.69 Å². The average Bonchev–Trinajstić information content (AvgIpc) is 2.72. The summed E-state index contributed by atoms with van der Waals surface area (Å²) in [6.45, 7) is 0. The van der Waals surface area contributed by atoms with Crippen LogP contribution >= 0.6 is 23.8 Å². The number of anilines is 1. The fraction of sp³-hybridized carbons (Fsp3) is 0. The molecule has 0 aliphatic rings. The molecule has 0 unspecified atom stereocenters. The van der Waals surface area contributed by atoms with E-state index >= 15 is 0 Å². The van der Waals surface area contributed by atoms with Gasteiger partial charge in [0.25, 0.3) is 11.5 Å². The Bertz CT molecular complexity index is 1430. The van der Waals surface area contributed by atoms with Crippen LogP contribution in [0.1, 0.15) is 10.4 Å². The van der Waals surface area contributed by atoms with E-state index in [1.54, 1.807) is 6.07 Å². The number of aromatic amines is 1. The quantitative estimate of drug-likeness (QED) is 0.426. The summed E-state index contributed by atoms with van der Waals surface area (Å²) < 4.78 is 28.5. The number of para-hydroxylation sites is 1. The summed E-state index contributed by atoms with van der Waals surface area (Å²) in [5.41, 5.74) is 0.418. The lowest BCUT2D eigenvalue weighted by Crippen LogP contribution is -2.21. The number of fused-ring (bicyclic) bond motifs is 1. The van der Waals surface area contributed by atoms with Gasteiger partial charge in [-0.25, -0.2) is 8.78 Å². The number of halogens is 3. The second kappa shape index (κ2) is 7.81. The Morgan fingerprint density at radius 1 is 1.03 bits per heavy atom. The van der Waals surface area contributed by atoms with Gasteiger partial charge in [-0.1, -0.05) is 23.7 Å². The minimum Gasteiger partial charge on any atom is -0.331 e. The van der Waals surface area contributed by atoms with Crippen LogP contribution in [0.15, 0.2) is 65.5 Å². The molecule has 4 rings (SSSR count). The van der Waals surface area contributed by atoms with Crippen molar-refractivity contribution in [2.24, 2.45) is 0 Å². The first kappa shape index (κ1) is 19.9.